The van der Waals surface area contributed by atoms with E-state index in [0.717, 1.165) is 16.4 Å². The van der Waals surface area contributed by atoms with E-state index in [1.807, 2.05) is 0 Å². The zero-order chi connectivity index (χ0) is 14.0. The van der Waals surface area contributed by atoms with Crippen molar-refractivity contribution in [2.24, 2.45) is 0 Å². The lowest BCUT2D eigenvalue weighted by Gasteiger charge is -2.25. The molecule has 8 nitrogen and oxygen atoms in total. The summed E-state index contributed by atoms with van der Waals surface area (Å²) in [5.41, 5.74) is 0. The van der Waals surface area contributed by atoms with E-state index in [2.05, 4.69) is 9.59 Å². The summed E-state index contributed by atoms with van der Waals surface area (Å²) in [5.74, 6) is -1.95. The minimum absolute atomic E-state index is 0.0258. The van der Waals surface area contributed by atoms with Crippen LogP contribution in [0.15, 0.2) is 6.20 Å². The Morgan fingerprint density at radius 3 is 2.74 bits per heavy atom. The Labute approximate surface area is 113 Å². The molecule has 2 heterocycles. The monoisotopic (exact) mass is 305 g/mol. The first-order valence-electron chi connectivity index (χ1n) is 5.39. The zero-order valence-corrected chi connectivity index (χ0v) is 11.4. The number of rotatable bonds is 4. The van der Waals surface area contributed by atoms with Gasteiger partial charge in [0.05, 0.1) is 17.7 Å². The quantitative estimate of drug-likeness (QED) is 0.777. The first-order valence-corrected chi connectivity index (χ1v) is 7.99. The second kappa shape index (κ2) is 5.21. The summed E-state index contributed by atoms with van der Waals surface area (Å²) in [7, 11) is -3.19. The van der Waals surface area contributed by atoms with Crippen LogP contribution in [0, 0.1) is 0 Å². The topological polar surface area (TPSA) is 118 Å². The Balaban J connectivity index is 2.21. The predicted molar refractivity (Wildman–Crippen MR) is 65.6 cm³/mol. The smallest absolute Gasteiger partial charge is 0.323 e. The largest absolute Gasteiger partial charge is 0.480 e. The molecular weight excluding hydrogens is 294 g/mol. The molecule has 19 heavy (non-hydrogen) atoms. The Morgan fingerprint density at radius 1 is 1.53 bits per heavy atom. The van der Waals surface area contributed by atoms with Crippen LogP contribution in [0.2, 0.25) is 0 Å². The SMILES string of the molecule is O=C(O)CN(C(=O)c1cnns1)C1CCS(=O)(=O)C1. The van der Waals surface area contributed by atoms with E-state index >= 15 is 0 Å². The highest BCUT2D eigenvalue weighted by Gasteiger charge is 2.36. The van der Waals surface area contributed by atoms with Crippen LogP contribution in [0.5, 0.6) is 0 Å². The van der Waals surface area contributed by atoms with Crippen LogP contribution in [0.25, 0.3) is 0 Å². The molecule has 1 fully saturated rings. The van der Waals surface area contributed by atoms with Gasteiger partial charge in [-0.25, -0.2) is 8.42 Å². The van der Waals surface area contributed by atoms with Gasteiger partial charge in [0.15, 0.2) is 9.84 Å². The van der Waals surface area contributed by atoms with Crippen LogP contribution in [0.1, 0.15) is 16.1 Å². The maximum atomic E-state index is 12.1. The predicted octanol–water partition coefficient (Wildman–Crippen LogP) is -0.748. The highest BCUT2D eigenvalue weighted by molar-refractivity contribution is 7.91. The fourth-order valence-corrected chi connectivity index (χ4v) is 4.14. The van der Waals surface area contributed by atoms with E-state index in [1.165, 1.54) is 6.20 Å². The molecule has 1 atom stereocenters. The number of nitrogens with zero attached hydrogens (tertiary/aromatic N) is 3. The maximum Gasteiger partial charge on any atom is 0.323 e. The summed E-state index contributed by atoms with van der Waals surface area (Å²) >= 11 is 0.850. The van der Waals surface area contributed by atoms with Gasteiger partial charge in [-0.2, -0.15) is 0 Å². The number of hydrogen-bond acceptors (Lipinski definition) is 7. The fraction of sp³-hybridized carbons (Fsp3) is 0.556. The minimum Gasteiger partial charge on any atom is -0.480 e. The van der Waals surface area contributed by atoms with Gasteiger partial charge in [0.25, 0.3) is 5.91 Å². The lowest BCUT2D eigenvalue weighted by atomic mass is 10.2. The van der Waals surface area contributed by atoms with Gasteiger partial charge in [-0.3, -0.25) is 9.59 Å². The molecule has 1 aromatic rings. The van der Waals surface area contributed by atoms with Crippen LogP contribution in [0.3, 0.4) is 0 Å². The third-order valence-electron chi connectivity index (χ3n) is 2.79. The van der Waals surface area contributed by atoms with Gasteiger partial charge in [-0.05, 0) is 18.0 Å². The number of hydrogen-bond donors (Lipinski definition) is 1. The average molecular weight is 305 g/mol. The highest BCUT2D eigenvalue weighted by Crippen LogP contribution is 2.20. The molecule has 1 aliphatic rings. The molecule has 0 aliphatic carbocycles. The molecule has 2 rings (SSSR count). The normalized spacial score (nSPS) is 21.2. The first kappa shape index (κ1) is 13.9. The van der Waals surface area contributed by atoms with Crippen molar-refractivity contribution in [3.05, 3.63) is 11.1 Å². The summed E-state index contributed by atoms with van der Waals surface area (Å²) in [5, 5.41) is 12.4. The molecular formula is C9H11N3O5S2. The lowest BCUT2D eigenvalue weighted by Crippen LogP contribution is -2.44. The van der Waals surface area contributed by atoms with E-state index in [1.54, 1.807) is 0 Å². The van der Waals surface area contributed by atoms with Gasteiger partial charge in [-0.15, -0.1) is 5.10 Å². The second-order valence-corrected chi connectivity index (χ2v) is 7.18. The van der Waals surface area contributed by atoms with Crippen molar-refractivity contribution in [1.82, 2.24) is 14.5 Å². The van der Waals surface area contributed by atoms with Gasteiger partial charge in [0.2, 0.25) is 0 Å². The molecule has 1 N–H and O–H groups in total. The van der Waals surface area contributed by atoms with Crippen molar-refractivity contribution in [2.75, 3.05) is 18.1 Å². The summed E-state index contributed by atoms with van der Waals surface area (Å²) in [4.78, 5) is 24.2. The van der Waals surface area contributed by atoms with Crippen molar-refractivity contribution >= 4 is 33.2 Å². The molecule has 10 heteroatoms. The molecule has 1 amide bonds. The first-order chi connectivity index (χ1) is 8.89. The Hall–Kier alpha value is -1.55. The van der Waals surface area contributed by atoms with E-state index in [0.29, 0.717) is 0 Å². The summed E-state index contributed by atoms with van der Waals surface area (Å²) in [6.07, 6.45) is 1.50. The number of carboxylic acids is 1. The third-order valence-corrected chi connectivity index (χ3v) is 5.19. The molecule has 0 saturated carbocycles. The standard InChI is InChI=1S/C9H11N3O5S2/c13-8(14)4-12(6-1-2-19(16,17)5-6)9(15)7-3-10-11-18-7/h3,6H,1-2,4-5H2,(H,13,14). The zero-order valence-electron chi connectivity index (χ0n) is 9.72. The lowest BCUT2D eigenvalue weighted by molar-refractivity contribution is -0.138. The number of aromatic nitrogens is 2. The molecule has 1 saturated heterocycles. The van der Waals surface area contributed by atoms with Crippen LogP contribution in [-0.2, 0) is 14.6 Å². The number of aliphatic carboxylic acids is 1. The van der Waals surface area contributed by atoms with Crippen molar-refractivity contribution in [3.8, 4) is 0 Å². The number of carboxylic acid groups (broad SMARTS) is 1. The van der Waals surface area contributed by atoms with Gasteiger partial charge >= 0.3 is 5.97 Å². The van der Waals surface area contributed by atoms with Crippen LogP contribution in [0.4, 0.5) is 0 Å². The van der Waals surface area contributed by atoms with Crippen molar-refractivity contribution in [3.63, 3.8) is 0 Å². The van der Waals surface area contributed by atoms with E-state index in [9.17, 15) is 18.0 Å². The molecule has 0 radical (unpaired) electrons. The van der Waals surface area contributed by atoms with Crippen LogP contribution < -0.4 is 0 Å². The molecule has 1 unspecified atom stereocenters. The van der Waals surface area contributed by atoms with Crippen LogP contribution >= 0.6 is 11.5 Å². The van der Waals surface area contributed by atoms with E-state index < -0.39 is 34.3 Å². The van der Waals surface area contributed by atoms with Gasteiger partial charge in [0.1, 0.15) is 11.4 Å². The van der Waals surface area contributed by atoms with Gasteiger partial charge < -0.3 is 10.0 Å². The number of sulfone groups is 1. The molecule has 104 valence electrons. The van der Waals surface area contributed by atoms with E-state index in [4.69, 9.17) is 5.11 Å². The van der Waals surface area contributed by atoms with Crippen molar-refractivity contribution in [2.45, 2.75) is 12.5 Å². The molecule has 1 aliphatic heterocycles. The maximum absolute atomic E-state index is 12.1. The second-order valence-electron chi connectivity index (χ2n) is 4.17. The van der Waals surface area contributed by atoms with E-state index in [-0.39, 0.29) is 22.8 Å². The van der Waals surface area contributed by atoms with Crippen molar-refractivity contribution in [1.29, 1.82) is 0 Å². The van der Waals surface area contributed by atoms with Crippen LogP contribution in [-0.4, -0.2) is 64.0 Å². The van der Waals surface area contributed by atoms with Crippen molar-refractivity contribution < 1.29 is 23.1 Å². The third kappa shape index (κ3) is 3.26. The number of carbonyl (C=O) groups excluding carboxylic acids is 1. The molecule has 0 aromatic carbocycles. The Bertz CT molecular complexity index is 583. The summed E-state index contributed by atoms with van der Waals surface area (Å²) in [6.45, 7) is -0.531. The molecule has 0 bridgehead atoms. The molecule has 0 spiro atoms. The Kier molecular flexibility index (Phi) is 3.80. The van der Waals surface area contributed by atoms with Gasteiger partial charge in [-0.1, -0.05) is 4.49 Å². The fourth-order valence-electron chi connectivity index (χ4n) is 1.94. The Morgan fingerprint density at radius 2 is 2.26 bits per heavy atom. The highest BCUT2D eigenvalue weighted by atomic mass is 32.2. The average Bonchev–Trinajstić information content (AvgIpc) is 2.94. The summed E-state index contributed by atoms with van der Waals surface area (Å²) < 4.78 is 26.4. The number of carbonyl (C=O) groups is 2. The summed E-state index contributed by atoms with van der Waals surface area (Å²) in [6, 6.07) is -0.601. The van der Waals surface area contributed by atoms with Gasteiger partial charge in [0, 0.05) is 6.04 Å². The molecule has 1 aromatic heterocycles. The minimum atomic E-state index is -3.19. The number of amides is 1.